The summed E-state index contributed by atoms with van der Waals surface area (Å²) in [7, 11) is 0. The van der Waals surface area contributed by atoms with Gasteiger partial charge in [-0.1, -0.05) is 25.1 Å². The van der Waals surface area contributed by atoms with Crippen molar-refractivity contribution in [2.24, 2.45) is 5.92 Å². The van der Waals surface area contributed by atoms with Gasteiger partial charge in [0.1, 0.15) is 6.26 Å². The van der Waals surface area contributed by atoms with Crippen molar-refractivity contribution in [3.05, 3.63) is 42.3 Å². The molecule has 1 N–H and O–H groups in total. The van der Waals surface area contributed by atoms with Gasteiger partial charge in [0.05, 0.1) is 17.6 Å². The van der Waals surface area contributed by atoms with E-state index in [9.17, 15) is 9.90 Å². The number of hydrogen-bond acceptors (Lipinski definition) is 5. The molecule has 0 saturated carbocycles. The third-order valence-corrected chi connectivity index (χ3v) is 5.27. The first-order chi connectivity index (χ1) is 11.6. The molecule has 1 amide bonds. The highest BCUT2D eigenvalue weighted by Crippen LogP contribution is 2.21. The van der Waals surface area contributed by atoms with Crippen LogP contribution in [0.4, 0.5) is 0 Å². The maximum Gasteiger partial charge on any atom is 0.232 e. The van der Waals surface area contributed by atoms with Crippen molar-refractivity contribution in [2.45, 2.75) is 25.2 Å². The Labute approximate surface area is 146 Å². The zero-order valence-corrected chi connectivity index (χ0v) is 14.5. The number of aliphatic hydroxyl groups is 1. The zero-order valence-electron chi connectivity index (χ0n) is 13.7. The Morgan fingerprint density at radius 3 is 2.96 bits per heavy atom. The van der Waals surface area contributed by atoms with Gasteiger partial charge in [0, 0.05) is 24.4 Å². The number of carbonyl (C=O) groups is 1. The van der Waals surface area contributed by atoms with Crippen LogP contribution in [-0.4, -0.2) is 45.8 Å². The lowest BCUT2D eigenvalue weighted by Gasteiger charge is -2.34. The Morgan fingerprint density at radius 2 is 2.21 bits per heavy atom. The number of nitrogens with zero attached hydrogens (tertiary/aromatic N) is 2. The number of β-amino-alcohol motifs (C(OH)–C–C–N with tert-alkyl or cyclic N) is 1. The Bertz CT molecular complexity index is 674. The molecule has 1 aromatic carbocycles. The highest BCUT2D eigenvalue weighted by Gasteiger charge is 2.26. The number of thioether (sulfide) groups is 1. The molecule has 1 aliphatic rings. The van der Waals surface area contributed by atoms with E-state index < -0.39 is 6.10 Å². The number of aliphatic hydroxyl groups excluding tert-OH is 1. The Balaban J connectivity index is 1.47. The summed E-state index contributed by atoms with van der Waals surface area (Å²) in [5.74, 6) is 1.99. The van der Waals surface area contributed by atoms with E-state index in [1.807, 2.05) is 37.3 Å². The third kappa shape index (κ3) is 4.19. The number of carbonyl (C=O) groups excluding carboxylic acids is 1. The van der Waals surface area contributed by atoms with Crippen LogP contribution in [0.3, 0.4) is 0 Å². The van der Waals surface area contributed by atoms with Crippen molar-refractivity contribution < 1.29 is 14.3 Å². The molecule has 2 atom stereocenters. The fourth-order valence-corrected chi connectivity index (χ4v) is 3.50. The van der Waals surface area contributed by atoms with Gasteiger partial charge >= 0.3 is 0 Å². The van der Waals surface area contributed by atoms with E-state index in [2.05, 4.69) is 4.98 Å². The van der Waals surface area contributed by atoms with Gasteiger partial charge in [-0.05, 0) is 24.5 Å². The second-order valence-electron chi connectivity index (χ2n) is 6.18. The molecule has 1 aromatic heterocycles. The highest BCUT2D eigenvalue weighted by molar-refractivity contribution is 7.99. The van der Waals surface area contributed by atoms with Gasteiger partial charge in [-0.2, -0.15) is 0 Å². The molecule has 128 valence electrons. The minimum Gasteiger partial charge on any atom is -0.444 e. The number of aromatic nitrogens is 1. The van der Waals surface area contributed by atoms with Gasteiger partial charge in [0.2, 0.25) is 11.8 Å². The molecule has 0 aliphatic carbocycles. The van der Waals surface area contributed by atoms with Crippen LogP contribution in [0, 0.1) is 5.92 Å². The quantitative estimate of drug-likeness (QED) is 0.902. The zero-order chi connectivity index (χ0) is 16.9. The lowest BCUT2D eigenvalue weighted by molar-refractivity contribution is -0.132. The van der Waals surface area contributed by atoms with Crippen molar-refractivity contribution in [2.75, 3.05) is 18.8 Å². The van der Waals surface area contributed by atoms with E-state index >= 15 is 0 Å². The molecular weight excluding hydrogens is 324 g/mol. The van der Waals surface area contributed by atoms with Crippen LogP contribution in [0.5, 0.6) is 0 Å². The minimum atomic E-state index is -0.406. The van der Waals surface area contributed by atoms with Crippen LogP contribution in [0.15, 0.2) is 41.0 Å². The van der Waals surface area contributed by atoms with Gasteiger partial charge in [-0.15, -0.1) is 11.8 Å². The first kappa shape index (κ1) is 17.0. The topological polar surface area (TPSA) is 66.6 Å². The number of piperidine rings is 1. The van der Waals surface area contributed by atoms with E-state index in [1.165, 1.54) is 11.8 Å². The van der Waals surface area contributed by atoms with Crippen LogP contribution in [-0.2, 0) is 10.5 Å². The molecule has 0 spiro atoms. The minimum absolute atomic E-state index is 0.0812. The van der Waals surface area contributed by atoms with Gasteiger partial charge in [0.15, 0.2) is 0 Å². The fourth-order valence-electron chi connectivity index (χ4n) is 2.70. The van der Waals surface area contributed by atoms with Crippen LogP contribution in [0.25, 0.3) is 11.5 Å². The van der Waals surface area contributed by atoms with E-state index in [4.69, 9.17) is 4.42 Å². The summed E-state index contributed by atoms with van der Waals surface area (Å²) in [5.41, 5.74) is 1.78. The van der Waals surface area contributed by atoms with E-state index in [1.54, 1.807) is 11.2 Å². The first-order valence-electron chi connectivity index (χ1n) is 8.17. The van der Waals surface area contributed by atoms with Crippen LogP contribution in [0.2, 0.25) is 0 Å². The van der Waals surface area contributed by atoms with E-state index in [-0.39, 0.29) is 11.8 Å². The Morgan fingerprint density at radius 1 is 1.42 bits per heavy atom. The molecule has 2 heterocycles. The van der Waals surface area contributed by atoms with Crippen LogP contribution in [0.1, 0.15) is 19.0 Å². The number of oxazole rings is 1. The van der Waals surface area contributed by atoms with E-state index in [0.29, 0.717) is 23.9 Å². The van der Waals surface area contributed by atoms with Crippen LogP contribution >= 0.6 is 11.8 Å². The lowest BCUT2D eigenvalue weighted by atomic mass is 9.96. The molecule has 6 heteroatoms. The highest BCUT2D eigenvalue weighted by atomic mass is 32.2. The van der Waals surface area contributed by atoms with Crippen molar-refractivity contribution in [3.63, 3.8) is 0 Å². The molecule has 2 aromatic rings. The molecule has 1 fully saturated rings. The molecule has 0 bridgehead atoms. The molecule has 1 saturated heterocycles. The average Bonchev–Trinajstić information content (AvgIpc) is 3.07. The molecule has 3 rings (SSSR count). The molecular formula is C18H22N2O3S. The summed E-state index contributed by atoms with van der Waals surface area (Å²) in [5, 5.41) is 9.89. The summed E-state index contributed by atoms with van der Waals surface area (Å²) < 4.78 is 5.50. The van der Waals surface area contributed by atoms with E-state index in [0.717, 1.165) is 24.2 Å². The predicted molar refractivity (Wildman–Crippen MR) is 94.5 cm³/mol. The standard InChI is InChI=1S/C18H22N2O3S/c1-13-7-8-20(9-16(13)21)17(22)12-24-11-15-10-23-18(19-15)14-5-3-2-4-6-14/h2-6,10,13,16,21H,7-9,11-12H2,1H3. The van der Waals surface area contributed by atoms with Crippen LogP contribution < -0.4 is 0 Å². The summed E-state index contributed by atoms with van der Waals surface area (Å²) in [6.45, 7) is 3.21. The SMILES string of the molecule is CC1CCN(C(=O)CSCc2coc(-c3ccccc3)n2)CC1O. The second kappa shape index (κ2) is 7.85. The smallest absolute Gasteiger partial charge is 0.232 e. The number of hydrogen-bond donors (Lipinski definition) is 1. The van der Waals surface area contributed by atoms with Gasteiger partial charge in [-0.25, -0.2) is 4.98 Å². The predicted octanol–water partition coefficient (Wildman–Crippen LogP) is 2.80. The normalized spacial score (nSPS) is 21.0. The Kier molecular flexibility index (Phi) is 5.58. The molecule has 5 nitrogen and oxygen atoms in total. The molecule has 24 heavy (non-hydrogen) atoms. The summed E-state index contributed by atoms with van der Waals surface area (Å²) in [4.78, 5) is 18.4. The average molecular weight is 346 g/mol. The number of rotatable bonds is 5. The molecule has 2 unspecified atom stereocenters. The van der Waals surface area contributed by atoms with Crippen molar-refractivity contribution >= 4 is 17.7 Å². The van der Waals surface area contributed by atoms with Gasteiger partial charge < -0.3 is 14.4 Å². The number of amides is 1. The summed E-state index contributed by atoms with van der Waals surface area (Å²) in [6, 6.07) is 9.75. The molecule has 0 radical (unpaired) electrons. The van der Waals surface area contributed by atoms with Crippen molar-refractivity contribution in [3.8, 4) is 11.5 Å². The molecule has 1 aliphatic heterocycles. The maximum atomic E-state index is 12.2. The van der Waals surface area contributed by atoms with Gasteiger partial charge in [-0.3, -0.25) is 4.79 Å². The maximum absolute atomic E-state index is 12.2. The van der Waals surface area contributed by atoms with Crippen molar-refractivity contribution in [1.82, 2.24) is 9.88 Å². The fraction of sp³-hybridized carbons (Fsp3) is 0.444. The first-order valence-corrected chi connectivity index (χ1v) is 9.32. The summed E-state index contributed by atoms with van der Waals surface area (Å²) >= 11 is 1.52. The number of benzene rings is 1. The Hall–Kier alpha value is -1.79. The van der Waals surface area contributed by atoms with Gasteiger partial charge in [0.25, 0.3) is 0 Å². The third-order valence-electron chi connectivity index (χ3n) is 4.32. The van der Waals surface area contributed by atoms with Crippen molar-refractivity contribution in [1.29, 1.82) is 0 Å². The second-order valence-corrected chi connectivity index (χ2v) is 7.16. The largest absolute Gasteiger partial charge is 0.444 e. The summed E-state index contributed by atoms with van der Waals surface area (Å²) in [6.07, 6.45) is 2.10. The lowest BCUT2D eigenvalue weighted by Crippen LogP contribution is -2.46. The monoisotopic (exact) mass is 346 g/mol. The number of likely N-dealkylation sites (tertiary alicyclic amines) is 1.